The van der Waals surface area contributed by atoms with Gasteiger partial charge >= 0.3 is 0 Å². The van der Waals surface area contributed by atoms with E-state index in [1.165, 1.54) is 44.9 Å². The molecule has 0 radical (unpaired) electrons. The topological polar surface area (TPSA) is 0 Å². The Labute approximate surface area is 172 Å². The molecule has 3 saturated carbocycles. The second-order valence-corrected chi connectivity index (χ2v) is 14.5. The van der Waals surface area contributed by atoms with Crippen LogP contribution in [0.4, 0.5) is 0 Å². The first-order valence-corrected chi connectivity index (χ1v) is 14.2. The molecule has 0 aromatic carbocycles. The highest BCUT2D eigenvalue weighted by atomic mass is 31.1. The Kier molecular flexibility index (Phi) is 8.16. The highest BCUT2D eigenvalue weighted by Crippen LogP contribution is 2.66. The first-order valence-electron chi connectivity index (χ1n) is 12.7. The molecule has 0 heterocycles. The smallest absolute Gasteiger partial charge is 0.0171 e. The quantitative estimate of drug-likeness (QED) is 0.410. The van der Waals surface area contributed by atoms with Crippen molar-refractivity contribution in [2.24, 2.45) is 35.5 Å². The summed E-state index contributed by atoms with van der Waals surface area (Å²) < 4.78 is 0. The van der Waals surface area contributed by atoms with Crippen LogP contribution in [0.1, 0.15) is 112 Å². The van der Waals surface area contributed by atoms with Crippen molar-refractivity contribution in [2.45, 2.75) is 129 Å². The lowest BCUT2D eigenvalue weighted by Gasteiger charge is -2.53. The van der Waals surface area contributed by atoms with Gasteiger partial charge in [0, 0.05) is 0 Å². The minimum absolute atomic E-state index is 0.188. The van der Waals surface area contributed by atoms with Crippen LogP contribution in [0, 0.1) is 35.5 Å². The van der Waals surface area contributed by atoms with E-state index in [0.717, 1.165) is 52.5 Å². The molecule has 27 heavy (non-hydrogen) atoms. The normalized spacial score (nSPS) is 40.4. The third kappa shape index (κ3) is 5.32. The molecule has 6 atom stereocenters. The first kappa shape index (κ1) is 22.1. The molecule has 0 N–H and O–H groups in total. The van der Waals surface area contributed by atoms with Gasteiger partial charge in [0.1, 0.15) is 0 Å². The van der Waals surface area contributed by atoms with Crippen molar-refractivity contribution >= 4 is 7.92 Å². The van der Waals surface area contributed by atoms with Gasteiger partial charge in [0.2, 0.25) is 0 Å². The predicted octanol–water partition coefficient (Wildman–Crippen LogP) is 8.72. The summed E-state index contributed by atoms with van der Waals surface area (Å²) in [6, 6.07) is 0. The van der Waals surface area contributed by atoms with Gasteiger partial charge in [-0.15, -0.1) is 0 Å². The van der Waals surface area contributed by atoms with Gasteiger partial charge in [-0.3, -0.25) is 0 Å². The van der Waals surface area contributed by atoms with Crippen molar-refractivity contribution in [2.75, 3.05) is 0 Å². The summed E-state index contributed by atoms with van der Waals surface area (Å²) in [7, 11) is 0.188. The molecule has 0 aliphatic heterocycles. The highest BCUT2D eigenvalue weighted by molar-refractivity contribution is 7.60. The summed E-state index contributed by atoms with van der Waals surface area (Å²) >= 11 is 0. The molecule has 0 aromatic heterocycles. The zero-order chi connectivity index (χ0) is 19.6. The molecular formula is C26H49P. The van der Waals surface area contributed by atoms with Gasteiger partial charge in [-0.25, -0.2) is 0 Å². The van der Waals surface area contributed by atoms with Crippen LogP contribution in [0.15, 0.2) is 0 Å². The molecule has 3 rings (SSSR count). The van der Waals surface area contributed by atoms with Crippen molar-refractivity contribution in [3.63, 3.8) is 0 Å². The molecule has 0 nitrogen and oxygen atoms in total. The highest BCUT2D eigenvalue weighted by Gasteiger charge is 2.46. The molecule has 158 valence electrons. The van der Waals surface area contributed by atoms with E-state index in [1.807, 2.05) is 0 Å². The maximum Gasteiger partial charge on any atom is -0.0171 e. The maximum atomic E-state index is 2.57. The van der Waals surface area contributed by atoms with Gasteiger partial charge in [-0.05, 0) is 91.0 Å². The average molecular weight is 393 g/mol. The van der Waals surface area contributed by atoms with Crippen molar-refractivity contribution in [3.8, 4) is 0 Å². The van der Waals surface area contributed by atoms with Crippen LogP contribution < -0.4 is 0 Å². The fourth-order valence-corrected chi connectivity index (χ4v) is 12.8. The summed E-state index contributed by atoms with van der Waals surface area (Å²) in [5, 5.41) is 0. The predicted molar refractivity (Wildman–Crippen MR) is 124 cm³/mol. The van der Waals surface area contributed by atoms with Crippen molar-refractivity contribution in [1.29, 1.82) is 0 Å². The molecule has 1 heteroatoms. The second-order valence-electron chi connectivity index (χ2n) is 11.5. The Morgan fingerprint density at radius 1 is 0.593 bits per heavy atom. The van der Waals surface area contributed by atoms with Crippen LogP contribution in [0.5, 0.6) is 0 Å². The van der Waals surface area contributed by atoms with Crippen molar-refractivity contribution in [1.82, 2.24) is 0 Å². The molecule has 0 bridgehead atoms. The fraction of sp³-hybridized carbons (Fsp3) is 1.00. The van der Waals surface area contributed by atoms with Crippen LogP contribution >= 0.6 is 7.92 Å². The van der Waals surface area contributed by atoms with E-state index in [-0.39, 0.29) is 7.92 Å². The summed E-state index contributed by atoms with van der Waals surface area (Å²) in [5.74, 6) is 5.82. The molecule has 3 aliphatic carbocycles. The standard InChI is InChI=1S/C26H49P/c1-18(2)23-14-12-20(5)16-25(23)27(22-10-8-7-9-11-22)26-17-21(6)13-15-24(26)19(3)4/h18-26H,7-17H2,1-6H3. The molecule has 0 aromatic rings. The summed E-state index contributed by atoms with van der Waals surface area (Å²) in [6.07, 6.45) is 17.0. The van der Waals surface area contributed by atoms with Crippen LogP contribution in [0.3, 0.4) is 0 Å². The molecule has 0 amide bonds. The summed E-state index contributed by atoms with van der Waals surface area (Å²) in [6.45, 7) is 15.3. The third-order valence-electron chi connectivity index (χ3n) is 8.74. The molecule has 3 aliphatic rings. The Hall–Kier alpha value is 0.430. The minimum atomic E-state index is 0.188. The molecular weight excluding hydrogens is 343 g/mol. The Balaban J connectivity index is 1.93. The lowest BCUT2D eigenvalue weighted by molar-refractivity contribution is 0.220. The third-order valence-corrected chi connectivity index (χ3v) is 12.8. The largest absolute Gasteiger partial charge is 0.0965 e. The maximum absolute atomic E-state index is 2.57. The van der Waals surface area contributed by atoms with Crippen LogP contribution in [0.2, 0.25) is 0 Å². The van der Waals surface area contributed by atoms with E-state index in [4.69, 9.17) is 0 Å². The first-order chi connectivity index (χ1) is 12.9. The molecule has 3 fully saturated rings. The lowest BCUT2D eigenvalue weighted by atomic mass is 9.76. The van der Waals surface area contributed by atoms with Crippen LogP contribution in [-0.4, -0.2) is 17.0 Å². The van der Waals surface area contributed by atoms with E-state index in [0.29, 0.717) is 0 Å². The van der Waals surface area contributed by atoms with Gasteiger partial charge < -0.3 is 0 Å². The number of hydrogen-bond donors (Lipinski definition) is 0. The van der Waals surface area contributed by atoms with E-state index in [2.05, 4.69) is 41.5 Å². The Morgan fingerprint density at radius 3 is 1.44 bits per heavy atom. The van der Waals surface area contributed by atoms with E-state index in [1.54, 1.807) is 25.7 Å². The van der Waals surface area contributed by atoms with Crippen LogP contribution in [-0.2, 0) is 0 Å². The fourth-order valence-electron chi connectivity index (χ4n) is 7.16. The molecule has 0 saturated heterocycles. The average Bonchev–Trinajstić information content (AvgIpc) is 2.62. The number of hydrogen-bond acceptors (Lipinski definition) is 0. The monoisotopic (exact) mass is 392 g/mol. The SMILES string of the molecule is CC1CCC(C(C)C)C(P(C2CCCCC2)C2CC(C)CCC2C(C)C)C1. The summed E-state index contributed by atoms with van der Waals surface area (Å²) in [5.41, 5.74) is 3.29. The van der Waals surface area contributed by atoms with Gasteiger partial charge in [0.15, 0.2) is 0 Å². The second kappa shape index (κ2) is 9.96. The van der Waals surface area contributed by atoms with Crippen molar-refractivity contribution in [3.05, 3.63) is 0 Å². The molecule has 0 spiro atoms. The van der Waals surface area contributed by atoms with Gasteiger partial charge in [0.05, 0.1) is 0 Å². The Bertz CT molecular complexity index is 403. The van der Waals surface area contributed by atoms with Crippen molar-refractivity contribution < 1.29 is 0 Å². The summed E-state index contributed by atoms with van der Waals surface area (Å²) in [4.78, 5) is 0. The van der Waals surface area contributed by atoms with Gasteiger partial charge in [-0.2, -0.15) is 0 Å². The van der Waals surface area contributed by atoms with Crippen LogP contribution in [0.25, 0.3) is 0 Å². The van der Waals surface area contributed by atoms with E-state index in [9.17, 15) is 0 Å². The minimum Gasteiger partial charge on any atom is -0.0965 e. The van der Waals surface area contributed by atoms with E-state index >= 15 is 0 Å². The lowest BCUT2D eigenvalue weighted by Crippen LogP contribution is -2.41. The Morgan fingerprint density at radius 2 is 1.04 bits per heavy atom. The van der Waals surface area contributed by atoms with E-state index < -0.39 is 0 Å². The molecule has 6 unspecified atom stereocenters. The number of rotatable bonds is 5. The zero-order valence-corrected chi connectivity index (χ0v) is 20.3. The van der Waals surface area contributed by atoms with Gasteiger partial charge in [0.25, 0.3) is 0 Å². The zero-order valence-electron chi connectivity index (χ0n) is 19.4. The van der Waals surface area contributed by atoms with Gasteiger partial charge in [-0.1, -0.05) is 81.6 Å².